The Labute approximate surface area is 148 Å². The molecule has 0 N–H and O–H groups in total. The van der Waals surface area contributed by atoms with E-state index in [1.165, 1.54) is 0 Å². The second-order valence-corrected chi connectivity index (χ2v) is 7.60. The molecular weight excluding hydrogens is 372 g/mol. The van der Waals surface area contributed by atoms with E-state index in [4.69, 9.17) is 0 Å². The van der Waals surface area contributed by atoms with E-state index in [0.29, 0.717) is 12.3 Å². The molecule has 0 saturated carbocycles. The Bertz CT molecular complexity index is 745. The van der Waals surface area contributed by atoms with Gasteiger partial charge in [-0.1, -0.05) is 40.2 Å². The quantitative estimate of drug-likeness (QED) is 0.713. The molecule has 1 amide bonds. The average molecular weight is 389 g/mol. The molecule has 2 aromatic rings. The first kappa shape index (κ1) is 16.3. The van der Waals surface area contributed by atoms with E-state index in [2.05, 4.69) is 39.6 Å². The SMILES string of the molecule is C=C(C)CN1C(=O)CSC1c1cnccc1-c1ccc(Br)cc1. The third kappa shape index (κ3) is 3.51. The number of benzene rings is 1. The minimum absolute atomic E-state index is 0.00783. The van der Waals surface area contributed by atoms with Gasteiger partial charge in [0.2, 0.25) is 5.91 Å². The fourth-order valence-corrected chi connectivity index (χ4v) is 4.14. The van der Waals surface area contributed by atoms with Crippen molar-refractivity contribution in [3.05, 3.63) is 64.9 Å². The highest BCUT2D eigenvalue weighted by Gasteiger charge is 2.34. The number of rotatable bonds is 4. The minimum atomic E-state index is -0.00783. The van der Waals surface area contributed by atoms with Crippen LogP contribution < -0.4 is 0 Å². The first-order chi connectivity index (χ1) is 11.1. The van der Waals surface area contributed by atoms with Gasteiger partial charge in [-0.2, -0.15) is 0 Å². The Kier molecular flexibility index (Phi) is 4.87. The van der Waals surface area contributed by atoms with Gasteiger partial charge >= 0.3 is 0 Å². The summed E-state index contributed by atoms with van der Waals surface area (Å²) in [4.78, 5) is 18.4. The summed E-state index contributed by atoms with van der Waals surface area (Å²) in [5, 5.41) is -0.00783. The zero-order chi connectivity index (χ0) is 16.4. The van der Waals surface area contributed by atoms with Crippen LogP contribution in [-0.4, -0.2) is 28.1 Å². The molecule has 5 heteroatoms. The summed E-state index contributed by atoms with van der Waals surface area (Å²) < 4.78 is 1.05. The van der Waals surface area contributed by atoms with E-state index in [1.54, 1.807) is 18.0 Å². The standard InChI is InChI=1S/C18H17BrN2OS/c1-12(2)10-21-17(22)11-23-18(21)16-9-20-8-7-15(16)13-3-5-14(19)6-4-13/h3-9,18H,1,10-11H2,2H3. The zero-order valence-electron chi connectivity index (χ0n) is 12.8. The number of hydrogen-bond donors (Lipinski definition) is 0. The number of nitrogens with zero attached hydrogens (tertiary/aromatic N) is 2. The first-order valence-electron chi connectivity index (χ1n) is 7.31. The van der Waals surface area contributed by atoms with Gasteiger partial charge in [0.25, 0.3) is 0 Å². The second kappa shape index (κ2) is 6.89. The Morgan fingerprint density at radius 1 is 1.39 bits per heavy atom. The normalized spacial score (nSPS) is 17.6. The molecule has 3 rings (SSSR count). The van der Waals surface area contributed by atoms with Gasteiger partial charge in [0.05, 0.1) is 5.75 Å². The fourth-order valence-electron chi connectivity index (χ4n) is 2.67. The van der Waals surface area contributed by atoms with Gasteiger partial charge in [0, 0.05) is 29.0 Å². The molecule has 1 aromatic heterocycles. The molecule has 0 aliphatic carbocycles. The van der Waals surface area contributed by atoms with Crippen molar-refractivity contribution in [2.45, 2.75) is 12.3 Å². The first-order valence-corrected chi connectivity index (χ1v) is 9.16. The van der Waals surface area contributed by atoms with E-state index in [9.17, 15) is 4.79 Å². The second-order valence-electron chi connectivity index (χ2n) is 5.61. The molecule has 3 nitrogen and oxygen atoms in total. The van der Waals surface area contributed by atoms with Gasteiger partial charge in [-0.15, -0.1) is 11.8 Å². The Morgan fingerprint density at radius 2 is 2.13 bits per heavy atom. The molecule has 1 fully saturated rings. The zero-order valence-corrected chi connectivity index (χ0v) is 15.2. The van der Waals surface area contributed by atoms with Crippen LogP contribution in [0.1, 0.15) is 17.9 Å². The van der Waals surface area contributed by atoms with Crippen LogP contribution >= 0.6 is 27.7 Å². The molecule has 0 spiro atoms. The molecule has 1 aliphatic heterocycles. The molecule has 118 valence electrons. The lowest BCUT2D eigenvalue weighted by Gasteiger charge is -2.26. The molecule has 1 aliphatic rings. The van der Waals surface area contributed by atoms with Crippen LogP contribution in [0.5, 0.6) is 0 Å². The Hall–Kier alpha value is -1.59. The van der Waals surface area contributed by atoms with E-state index < -0.39 is 0 Å². The largest absolute Gasteiger partial charge is 0.322 e. The maximum Gasteiger partial charge on any atom is 0.234 e. The molecular formula is C18H17BrN2OS. The highest BCUT2D eigenvalue weighted by Crippen LogP contribution is 2.42. The smallest absolute Gasteiger partial charge is 0.234 e. The predicted molar refractivity (Wildman–Crippen MR) is 99.1 cm³/mol. The van der Waals surface area contributed by atoms with Crippen molar-refractivity contribution in [3.8, 4) is 11.1 Å². The van der Waals surface area contributed by atoms with Crippen molar-refractivity contribution in [2.75, 3.05) is 12.3 Å². The molecule has 1 atom stereocenters. The van der Waals surface area contributed by atoms with Gasteiger partial charge in [0.15, 0.2) is 0 Å². The maximum absolute atomic E-state index is 12.2. The van der Waals surface area contributed by atoms with Crippen LogP contribution in [0.15, 0.2) is 59.4 Å². The van der Waals surface area contributed by atoms with Gasteiger partial charge in [-0.05, 0) is 36.2 Å². The summed E-state index contributed by atoms with van der Waals surface area (Å²) in [5.74, 6) is 0.667. The third-order valence-corrected chi connectivity index (χ3v) is 5.45. The number of halogens is 1. The topological polar surface area (TPSA) is 33.2 Å². The summed E-state index contributed by atoms with van der Waals surface area (Å²) in [5.41, 5.74) is 4.30. The monoisotopic (exact) mass is 388 g/mol. The van der Waals surface area contributed by atoms with Crippen LogP contribution in [0.3, 0.4) is 0 Å². The lowest BCUT2D eigenvalue weighted by molar-refractivity contribution is -0.127. The lowest BCUT2D eigenvalue weighted by Crippen LogP contribution is -2.29. The lowest BCUT2D eigenvalue weighted by atomic mass is 10.0. The molecule has 2 heterocycles. The highest BCUT2D eigenvalue weighted by molar-refractivity contribution is 9.10. The maximum atomic E-state index is 12.2. The molecule has 0 bridgehead atoms. The third-order valence-electron chi connectivity index (χ3n) is 3.68. The summed E-state index contributed by atoms with van der Waals surface area (Å²) in [6.07, 6.45) is 3.67. The van der Waals surface area contributed by atoms with Crippen molar-refractivity contribution in [2.24, 2.45) is 0 Å². The van der Waals surface area contributed by atoms with Crippen LogP contribution in [0, 0.1) is 0 Å². The van der Waals surface area contributed by atoms with Crippen LogP contribution in [-0.2, 0) is 4.79 Å². The number of pyridine rings is 1. The molecule has 1 aromatic carbocycles. The highest BCUT2D eigenvalue weighted by atomic mass is 79.9. The van der Waals surface area contributed by atoms with Crippen molar-refractivity contribution in [3.63, 3.8) is 0 Å². The van der Waals surface area contributed by atoms with Crippen LogP contribution in [0.25, 0.3) is 11.1 Å². The number of hydrogen-bond acceptors (Lipinski definition) is 3. The summed E-state index contributed by atoms with van der Waals surface area (Å²) in [6, 6.07) is 10.2. The van der Waals surface area contributed by atoms with Crippen LogP contribution in [0.4, 0.5) is 0 Å². The van der Waals surface area contributed by atoms with Crippen molar-refractivity contribution in [1.82, 2.24) is 9.88 Å². The van der Waals surface area contributed by atoms with Crippen molar-refractivity contribution >= 4 is 33.6 Å². The van der Waals surface area contributed by atoms with Gasteiger partial charge in [-0.25, -0.2) is 0 Å². The number of thioether (sulfide) groups is 1. The van der Waals surface area contributed by atoms with Crippen LogP contribution in [0.2, 0.25) is 0 Å². The minimum Gasteiger partial charge on any atom is -0.322 e. The molecule has 1 saturated heterocycles. The van der Waals surface area contributed by atoms with E-state index in [-0.39, 0.29) is 11.3 Å². The summed E-state index contributed by atoms with van der Waals surface area (Å²) in [7, 11) is 0. The van der Waals surface area contributed by atoms with Crippen molar-refractivity contribution in [1.29, 1.82) is 0 Å². The average Bonchev–Trinajstić information content (AvgIpc) is 2.88. The van der Waals surface area contributed by atoms with E-state index in [0.717, 1.165) is 26.7 Å². The van der Waals surface area contributed by atoms with Gasteiger partial charge in [0.1, 0.15) is 5.37 Å². The predicted octanol–water partition coefficient (Wildman–Crippen LogP) is 4.66. The Morgan fingerprint density at radius 3 is 2.83 bits per heavy atom. The molecule has 1 unspecified atom stereocenters. The molecule has 0 radical (unpaired) electrons. The molecule has 23 heavy (non-hydrogen) atoms. The fraction of sp³-hybridized carbons (Fsp3) is 0.222. The van der Waals surface area contributed by atoms with Crippen molar-refractivity contribution < 1.29 is 4.79 Å². The van der Waals surface area contributed by atoms with E-state index in [1.807, 2.05) is 36.2 Å². The van der Waals surface area contributed by atoms with Gasteiger partial charge in [-0.3, -0.25) is 9.78 Å². The Balaban J connectivity index is 2.01. The number of carbonyl (C=O) groups excluding carboxylic acids is 1. The van der Waals surface area contributed by atoms with Gasteiger partial charge < -0.3 is 4.90 Å². The number of amides is 1. The summed E-state index contributed by atoms with van der Waals surface area (Å²) >= 11 is 5.12. The number of aromatic nitrogens is 1. The van der Waals surface area contributed by atoms with E-state index >= 15 is 0 Å². The summed E-state index contributed by atoms with van der Waals surface area (Å²) in [6.45, 7) is 6.49. The number of carbonyl (C=O) groups is 1.